The molecule has 1 saturated carbocycles. The third kappa shape index (κ3) is 4.39. The van der Waals surface area contributed by atoms with E-state index < -0.39 is 6.10 Å². The van der Waals surface area contributed by atoms with Crippen LogP contribution in [0.25, 0.3) is 0 Å². The maximum atomic E-state index is 12.2. The summed E-state index contributed by atoms with van der Waals surface area (Å²) in [5.41, 5.74) is 0.660. The second-order valence-corrected chi connectivity index (χ2v) is 6.56. The molecule has 122 valence electrons. The van der Waals surface area contributed by atoms with Crippen LogP contribution >= 0.6 is 23.2 Å². The number of amides is 1. The standard InChI is InChI=1S/C16H17Cl2N3O2/c1-10(23-15-5-4-12(17)6-14(15)18)16(22)20-13-7-19-21(9-13)8-11-2-3-11/h4-7,9-11H,2-3,8H2,1H3,(H,20,22). The van der Waals surface area contributed by atoms with E-state index in [1.165, 1.54) is 12.8 Å². The Morgan fingerprint density at radius 3 is 2.96 bits per heavy atom. The Balaban J connectivity index is 1.57. The van der Waals surface area contributed by atoms with Crippen molar-refractivity contribution >= 4 is 34.8 Å². The van der Waals surface area contributed by atoms with Crippen molar-refractivity contribution in [2.75, 3.05) is 5.32 Å². The largest absolute Gasteiger partial charge is 0.479 e. The van der Waals surface area contributed by atoms with E-state index in [0.29, 0.717) is 21.5 Å². The fourth-order valence-electron chi connectivity index (χ4n) is 2.15. The number of benzene rings is 1. The summed E-state index contributed by atoms with van der Waals surface area (Å²) in [7, 11) is 0. The first kappa shape index (κ1) is 16.1. The zero-order chi connectivity index (χ0) is 16.4. The van der Waals surface area contributed by atoms with Crippen molar-refractivity contribution in [1.82, 2.24) is 9.78 Å². The molecule has 1 unspecified atom stereocenters. The lowest BCUT2D eigenvalue weighted by molar-refractivity contribution is -0.122. The van der Waals surface area contributed by atoms with Gasteiger partial charge in [-0.3, -0.25) is 9.48 Å². The van der Waals surface area contributed by atoms with Crippen LogP contribution in [0.15, 0.2) is 30.6 Å². The summed E-state index contributed by atoms with van der Waals surface area (Å²) < 4.78 is 7.44. The van der Waals surface area contributed by atoms with E-state index in [4.69, 9.17) is 27.9 Å². The fraction of sp³-hybridized carbons (Fsp3) is 0.375. The lowest BCUT2D eigenvalue weighted by Crippen LogP contribution is -2.30. The second kappa shape index (κ2) is 6.81. The van der Waals surface area contributed by atoms with Gasteiger partial charge in [-0.05, 0) is 43.9 Å². The number of ether oxygens (including phenoxy) is 1. The van der Waals surface area contributed by atoms with Crippen molar-refractivity contribution in [3.05, 3.63) is 40.6 Å². The molecule has 5 nitrogen and oxygen atoms in total. The van der Waals surface area contributed by atoms with Gasteiger partial charge in [0.05, 0.1) is 16.9 Å². The fourth-order valence-corrected chi connectivity index (χ4v) is 2.60. The Morgan fingerprint density at radius 1 is 1.48 bits per heavy atom. The number of carbonyl (C=O) groups is 1. The molecule has 7 heteroatoms. The van der Waals surface area contributed by atoms with Gasteiger partial charge in [0.25, 0.3) is 5.91 Å². The van der Waals surface area contributed by atoms with E-state index in [1.54, 1.807) is 31.3 Å². The summed E-state index contributed by atoms with van der Waals surface area (Å²) in [6.07, 6.45) is 5.30. The molecule has 1 heterocycles. The van der Waals surface area contributed by atoms with Gasteiger partial charge in [-0.2, -0.15) is 5.10 Å². The Bertz CT molecular complexity index is 713. The quantitative estimate of drug-likeness (QED) is 0.853. The lowest BCUT2D eigenvalue weighted by Gasteiger charge is -2.15. The van der Waals surface area contributed by atoms with Crippen LogP contribution in [0.3, 0.4) is 0 Å². The normalized spacial score (nSPS) is 15.3. The van der Waals surface area contributed by atoms with Gasteiger partial charge < -0.3 is 10.1 Å². The van der Waals surface area contributed by atoms with E-state index >= 15 is 0 Å². The molecule has 0 spiro atoms. The van der Waals surface area contributed by atoms with Crippen molar-refractivity contribution in [2.45, 2.75) is 32.4 Å². The van der Waals surface area contributed by atoms with Crippen molar-refractivity contribution in [3.8, 4) is 5.75 Å². The van der Waals surface area contributed by atoms with E-state index in [-0.39, 0.29) is 5.91 Å². The van der Waals surface area contributed by atoms with Crippen LogP contribution in [-0.2, 0) is 11.3 Å². The van der Waals surface area contributed by atoms with Crippen LogP contribution < -0.4 is 10.1 Å². The molecule has 2 aromatic rings. The smallest absolute Gasteiger partial charge is 0.265 e. The predicted molar refractivity (Wildman–Crippen MR) is 90.1 cm³/mol. The third-order valence-corrected chi connectivity index (χ3v) is 4.14. The van der Waals surface area contributed by atoms with Crippen LogP contribution in [0.1, 0.15) is 19.8 Å². The summed E-state index contributed by atoms with van der Waals surface area (Å²) in [4.78, 5) is 12.2. The lowest BCUT2D eigenvalue weighted by atomic mass is 10.3. The third-order valence-electron chi connectivity index (χ3n) is 3.61. The molecule has 0 aliphatic heterocycles. The molecule has 1 atom stereocenters. The molecule has 1 fully saturated rings. The van der Waals surface area contributed by atoms with Crippen LogP contribution in [0.4, 0.5) is 5.69 Å². The maximum absolute atomic E-state index is 12.2. The van der Waals surface area contributed by atoms with Crippen LogP contribution in [0.2, 0.25) is 10.0 Å². The molecular formula is C16H17Cl2N3O2. The number of aromatic nitrogens is 2. The van der Waals surface area contributed by atoms with Gasteiger partial charge in [0.1, 0.15) is 5.75 Å². The number of nitrogens with zero attached hydrogens (tertiary/aromatic N) is 2. The van der Waals surface area contributed by atoms with E-state index in [0.717, 1.165) is 12.5 Å². The molecule has 0 saturated heterocycles. The average Bonchev–Trinajstić information content (AvgIpc) is 3.20. The summed E-state index contributed by atoms with van der Waals surface area (Å²) in [5.74, 6) is 0.887. The SMILES string of the molecule is CC(Oc1ccc(Cl)cc1Cl)C(=O)Nc1cnn(CC2CC2)c1. The molecule has 1 aliphatic carbocycles. The Morgan fingerprint density at radius 2 is 2.26 bits per heavy atom. The van der Waals surface area contributed by atoms with Crippen molar-refractivity contribution in [1.29, 1.82) is 0 Å². The predicted octanol–water partition coefficient (Wildman–Crippen LogP) is 4.01. The van der Waals surface area contributed by atoms with Crippen molar-refractivity contribution in [3.63, 3.8) is 0 Å². The highest BCUT2D eigenvalue weighted by Crippen LogP contribution is 2.30. The molecule has 1 aromatic heterocycles. The van der Waals surface area contributed by atoms with E-state index in [9.17, 15) is 4.79 Å². The highest BCUT2D eigenvalue weighted by Gasteiger charge is 2.22. The zero-order valence-corrected chi connectivity index (χ0v) is 14.1. The molecular weight excluding hydrogens is 337 g/mol. The number of nitrogens with one attached hydrogen (secondary N) is 1. The number of halogens is 2. The Labute approximate surface area is 144 Å². The van der Waals surface area contributed by atoms with Crippen LogP contribution in [0.5, 0.6) is 5.75 Å². The maximum Gasteiger partial charge on any atom is 0.265 e. The van der Waals surface area contributed by atoms with Gasteiger partial charge in [-0.15, -0.1) is 0 Å². The first-order valence-electron chi connectivity index (χ1n) is 7.46. The van der Waals surface area contributed by atoms with E-state index in [2.05, 4.69) is 10.4 Å². The minimum Gasteiger partial charge on any atom is -0.479 e. The van der Waals surface area contributed by atoms with Gasteiger partial charge >= 0.3 is 0 Å². The number of hydrogen-bond donors (Lipinski definition) is 1. The summed E-state index contributed by atoms with van der Waals surface area (Å²) >= 11 is 11.9. The van der Waals surface area contributed by atoms with Gasteiger partial charge in [0.15, 0.2) is 6.10 Å². The number of carbonyl (C=O) groups excluding carboxylic acids is 1. The second-order valence-electron chi connectivity index (χ2n) is 5.72. The molecule has 3 rings (SSSR count). The first-order chi connectivity index (χ1) is 11.0. The molecule has 1 N–H and O–H groups in total. The molecule has 1 aliphatic rings. The minimum absolute atomic E-state index is 0.262. The van der Waals surface area contributed by atoms with Gasteiger partial charge in [-0.1, -0.05) is 23.2 Å². The first-order valence-corrected chi connectivity index (χ1v) is 8.22. The molecule has 0 radical (unpaired) electrons. The molecule has 23 heavy (non-hydrogen) atoms. The number of hydrogen-bond acceptors (Lipinski definition) is 3. The Kier molecular flexibility index (Phi) is 4.78. The van der Waals surface area contributed by atoms with Crippen molar-refractivity contribution in [2.24, 2.45) is 5.92 Å². The average molecular weight is 354 g/mol. The van der Waals surface area contributed by atoms with Gasteiger partial charge in [-0.25, -0.2) is 0 Å². The molecule has 0 bridgehead atoms. The summed E-state index contributed by atoms with van der Waals surface area (Å²) in [6, 6.07) is 4.88. The number of anilines is 1. The van der Waals surface area contributed by atoms with E-state index in [1.807, 2.05) is 10.9 Å². The summed E-state index contributed by atoms with van der Waals surface area (Å²) in [5, 5.41) is 7.92. The molecule has 1 aromatic carbocycles. The monoisotopic (exact) mass is 353 g/mol. The molecule has 1 amide bonds. The Hall–Kier alpha value is -1.72. The van der Waals surface area contributed by atoms with Crippen LogP contribution in [-0.4, -0.2) is 21.8 Å². The van der Waals surface area contributed by atoms with Gasteiger partial charge in [0, 0.05) is 17.8 Å². The van der Waals surface area contributed by atoms with Crippen LogP contribution in [0, 0.1) is 5.92 Å². The zero-order valence-electron chi connectivity index (χ0n) is 12.6. The minimum atomic E-state index is -0.694. The topological polar surface area (TPSA) is 56.1 Å². The highest BCUT2D eigenvalue weighted by atomic mass is 35.5. The summed E-state index contributed by atoms with van der Waals surface area (Å²) in [6.45, 7) is 2.57. The highest BCUT2D eigenvalue weighted by molar-refractivity contribution is 6.35. The van der Waals surface area contributed by atoms with Gasteiger partial charge in [0.2, 0.25) is 0 Å². The van der Waals surface area contributed by atoms with Crippen molar-refractivity contribution < 1.29 is 9.53 Å². The number of rotatable bonds is 6.